The van der Waals surface area contributed by atoms with E-state index in [1.165, 1.54) is 0 Å². The summed E-state index contributed by atoms with van der Waals surface area (Å²) < 4.78 is 11.1. The summed E-state index contributed by atoms with van der Waals surface area (Å²) in [4.78, 5) is 35.6. The standard InChI is InChI=1S/C31H42N4O4/c1-38-27-11-5-3-9-25(27)32-15-19-34(20-16-32)29(36)23-31(13-7-8-14-31)24-30(37)35-21-17-33(18-22-35)26-10-4-6-12-28(26)39-2/h3-6,9-12H,7-8,13-24H2,1-2H3. The fourth-order valence-electron chi connectivity index (χ4n) is 6.58. The second-order valence-electron chi connectivity index (χ2n) is 11.1. The van der Waals surface area contributed by atoms with Gasteiger partial charge in [0.2, 0.25) is 11.8 Å². The van der Waals surface area contributed by atoms with E-state index in [4.69, 9.17) is 9.47 Å². The average Bonchev–Trinajstić information content (AvgIpc) is 3.44. The molecule has 210 valence electrons. The first-order chi connectivity index (χ1) is 19.0. The molecular weight excluding hydrogens is 492 g/mol. The Balaban J connectivity index is 1.15. The largest absolute Gasteiger partial charge is 0.495 e. The van der Waals surface area contributed by atoms with E-state index in [2.05, 4.69) is 21.9 Å². The van der Waals surface area contributed by atoms with Crippen LogP contribution in [0.2, 0.25) is 0 Å². The summed E-state index contributed by atoms with van der Waals surface area (Å²) in [5.74, 6) is 2.13. The van der Waals surface area contributed by atoms with E-state index in [0.29, 0.717) is 39.0 Å². The van der Waals surface area contributed by atoms with Crippen LogP contribution in [0.3, 0.4) is 0 Å². The third kappa shape index (κ3) is 6.10. The molecule has 0 radical (unpaired) electrons. The van der Waals surface area contributed by atoms with Crippen molar-refractivity contribution >= 4 is 23.2 Å². The summed E-state index contributed by atoms with van der Waals surface area (Å²) in [6.45, 7) is 5.95. The minimum Gasteiger partial charge on any atom is -0.495 e. The first kappa shape index (κ1) is 27.2. The van der Waals surface area contributed by atoms with Crippen LogP contribution in [-0.4, -0.2) is 88.2 Å². The lowest BCUT2D eigenvalue weighted by Crippen LogP contribution is -2.51. The Hall–Kier alpha value is -3.42. The molecule has 1 saturated carbocycles. The lowest BCUT2D eigenvalue weighted by Gasteiger charge is -2.40. The maximum Gasteiger partial charge on any atom is 0.223 e. The zero-order valence-electron chi connectivity index (χ0n) is 23.4. The highest BCUT2D eigenvalue weighted by Crippen LogP contribution is 2.45. The zero-order chi connectivity index (χ0) is 27.2. The summed E-state index contributed by atoms with van der Waals surface area (Å²) in [7, 11) is 3.39. The molecule has 5 rings (SSSR count). The molecule has 3 fully saturated rings. The lowest BCUT2D eigenvalue weighted by molar-refractivity contribution is -0.137. The Morgan fingerprint density at radius 3 is 1.41 bits per heavy atom. The Kier molecular flexibility index (Phi) is 8.48. The maximum atomic E-state index is 13.5. The molecule has 0 spiro atoms. The van der Waals surface area contributed by atoms with Crippen molar-refractivity contribution in [2.45, 2.75) is 38.5 Å². The van der Waals surface area contributed by atoms with Gasteiger partial charge in [-0.3, -0.25) is 9.59 Å². The minimum absolute atomic E-state index is 0.199. The third-order valence-electron chi connectivity index (χ3n) is 8.83. The van der Waals surface area contributed by atoms with Crippen LogP contribution in [0.25, 0.3) is 0 Å². The molecular formula is C31H42N4O4. The molecule has 2 aromatic rings. The number of hydrogen-bond acceptors (Lipinski definition) is 6. The van der Waals surface area contributed by atoms with Crippen LogP contribution < -0.4 is 19.3 Å². The fourth-order valence-corrected chi connectivity index (χ4v) is 6.58. The Bertz CT molecular complexity index is 1050. The maximum absolute atomic E-state index is 13.5. The number of carbonyl (C=O) groups excluding carboxylic acids is 2. The van der Waals surface area contributed by atoms with Crippen molar-refractivity contribution in [3.05, 3.63) is 48.5 Å². The van der Waals surface area contributed by atoms with Crippen molar-refractivity contribution < 1.29 is 19.1 Å². The van der Waals surface area contributed by atoms with Crippen molar-refractivity contribution in [3.63, 3.8) is 0 Å². The highest BCUT2D eigenvalue weighted by molar-refractivity contribution is 5.81. The lowest BCUT2D eigenvalue weighted by atomic mass is 9.78. The van der Waals surface area contributed by atoms with Gasteiger partial charge in [0.25, 0.3) is 0 Å². The number of para-hydroxylation sites is 4. The van der Waals surface area contributed by atoms with Gasteiger partial charge in [0.15, 0.2) is 0 Å². The molecule has 2 aliphatic heterocycles. The topological polar surface area (TPSA) is 65.6 Å². The molecule has 0 bridgehead atoms. The van der Waals surface area contributed by atoms with Gasteiger partial charge >= 0.3 is 0 Å². The highest BCUT2D eigenvalue weighted by Gasteiger charge is 2.40. The molecule has 3 aliphatic rings. The van der Waals surface area contributed by atoms with Crippen LogP contribution in [0.15, 0.2) is 48.5 Å². The molecule has 8 heteroatoms. The Morgan fingerprint density at radius 1 is 0.641 bits per heavy atom. The first-order valence-electron chi connectivity index (χ1n) is 14.3. The number of nitrogens with zero attached hydrogens (tertiary/aromatic N) is 4. The summed E-state index contributed by atoms with van der Waals surface area (Å²) in [6.07, 6.45) is 5.09. The summed E-state index contributed by atoms with van der Waals surface area (Å²) in [6, 6.07) is 16.1. The van der Waals surface area contributed by atoms with Crippen LogP contribution >= 0.6 is 0 Å². The van der Waals surface area contributed by atoms with Crippen LogP contribution in [0, 0.1) is 5.41 Å². The molecule has 2 saturated heterocycles. The van der Waals surface area contributed by atoms with Gasteiger partial charge in [-0.2, -0.15) is 0 Å². The summed E-state index contributed by atoms with van der Waals surface area (Å²) >= 11 is 0. The van der Waals surface area contributed by atoms with Gasteiger partial charge in [-0.25, -0.2) is 0 Å². The number of methoxy groups -OCH3 is 2. The molecule has 1 aliphatic carbocycles. The molecule has 2 amide bonds. The highest BCUT2D eigenvalue weighted by atomic mass is 16.5. The van der Waals surface area contributed by atoms with Gasteiger partial charge in [0.1, 0.15) is 11.5 Å². The molecule has 39 heavy (non-hydrogen) atoms. The normalized spacial score (nSPS) is 19.2. The predicted molar refractivity (Wildman–Crippen MR) is 154 cm³/mol. The van der Waals surface area contributed by atoms with Crippen molar-refractivity contribution in [2.75, 3.05) is 76.4 Å². The summed E-state index contributed by atoms with van der Waals surface area (Å²) in [5, 5.41) is 0. The number of anilines is 2. The van der Waals surface area contributed by atoms with Crippen LogP contribution in [0.4, 0.5) is 11.4 Å². The Labute approximate surface area is 232 Å². The van der Waals surface area contributed by atoms with Crippen LogP contribution in [-0.2, 0) is 9.59 Å². The van der Waals surface area contributed by atoms with E-state index in [1.54, 1.807) is 14.2 Å². The van der Waals surface area contributed by atoms with Gasteiger partial charge in [0, 0.05) is 65.2 Å². The SMILES string of the molecule is COc1ccccc1N1CCN(C(=O)CC2(CC(=O)N3CCN(c4ccccc4OC)CC3)CCCC2)CC1. The number of rotatable bonds is 8. The van der Waals surface area contributed by atoms with E-state index in [-0.39, 0.29) is 17.2 Å². The molecule has 0 N–H and O–H groups in total. The first-order valence-corrected chi connectivity index (χ1v) is 14.3. The number of hydrogen-bond donors (Lipinski definition) is 0. The minimum atomic E-state index is -0.201. The van der Waals surface area contributed by atoms with E-state index >= 15 is 0 Å². The fraction of sp³-hybridized carbons (Fsp3) is 0.548. The van der Waals surface area contributed by atoms with Gasteiger partial charge in [0.05, 0.1) is 25.6 Å². The summed E-state index contributed by atoms with van der Waals surface area (Å²) in [5.41, 5.74) is 1.96. The van der Waals surface area contributed by atoms with Crippen LogP contribution in [0.1, 0.15) is 38.5 Å². The molecule has 8 nitrogen and oxygen atoms in total. The van der Waals surface area contributed by atoms with E-state index in [9.17, 15) is 9.59 Å². The monoisotopic (exact) mass is 534 g/mol. The quantitative estimate of drug-likeness (QED) is 0.509. The van der Waals surface area contributed by atoms with E-state index in [1.807, 2.05) is 46.2 Å². The van der Waals surface area contributed by atoms with Gasteiger partial charge < -0.3 is 29.1 Å². The second-order valence-corrected chi connectivity index (χ2v) is 11.1. The van der Waals surface area contributed by atoms with Crippen molar-refractivity contribution in [2.24, 2.45) is 5.41 Å². The number of piperazine rings is 2. The molecule has 2 aromatic carbocycles. The van der Waals surface area contributed by atoms with Gasteiger partial charge in [-0.1, -0.05) is 37.1 Å². The Morgan fingerprint density at radius 2 is 1.03 bits per heavy atom. The van der Waals surface area contributed by atoms with Gasteiger partial charge in [-0.15, -0.1) is 0 Å². The molecule has 0 atom stereocenters. The second kappa shape index (κ2) is 12.2. The smallest absolute Gasteiger partial charge is 0.223 e. The zero-order valence-corrected chi connectivity index (χ0v) is 23.4. The van der Waals surface area contributed by atoms with Crippen molar-refractivity contribution in [1.82, 2.24) is 9.80 Å². The molecule has 0 unspecified atom stereocenters. The predicted octanol–water partition coefficient (Wildman–Crippen LogP) is 4.04. The number of carbonyl (C=O) groups is 2. The number of benzene rings is 2. The number of amides is 2. The van der Waals surface area contributed by atoms with Gasteiger partial charge in [-0.05, 0) is 42.5 Å². The third-order valence-corrected chi connectivity index (χ3v) is 8.83. The van der Waals surface area contributed by atoms with Crippen molar-refractivity contribution in [1.29, 1.82) is 0 Å². The number of ether oxygens (including phenoxy) is 2. The van der Waals surface area contributed by atoms with Crippen molar-refractivity contribution in [3.8, 4) is 11.5 Å². The molecule has 2 heterocycles. The molecule has 0 aromatic heterocycles. The van der Waals surface area contributed by atoms with E-state index < -0.39 is 0 Å². The van der Waals surface area contributed by atoms with Crippen LogP contribution in [0.5, 0.6) is 11.5 Å². The average molecular weight is 535 g/mol. The van der Waals surface area contributed by atoms with E-state index in [0.717, 1.165) is 74.7 Å².